The van der Waals surface area contributed by atoms with Crippen molar-refractivity contribution in [2.45, 2.75) is 0 Å². The zero-order valence-corrected chi connectivity index (χ0v) is 10.1. The van der Waals surface area contributed by atoms with Gasteiger partial charge < -0.3 is 0 Å². The Kier molecular flexibility index (Phi) is 1.55. The molecule has 0 spiro atoms. The van der Waals surface area contributed by atoms with Crippen molar-refractivity contribution in [2.75, 3.05) is 0 Å². The second-order valence-electron chi connectivity index (χ2n) is 3.48. The average Bonchev–Trinajstić information content (AvgIpc) is 2.87. The Hall–Kier alpha value is -0.900. The molecule has 4 aromatic rings. The van der Waals surface area contributed by atoms with Gasteiger partial charge in [-0.05, 0) is 17.5 Å². The molecular weight excluding hydrogens is 240 g/mol. The molecule has 72 valence electrons. The molecule has 0 aliphatic carbocycles. The van der Waals surface area contributed by atoms with Gasteiger partial charge in [0.2, 0.25) is 0 Å². The molecule has 0 aliphatic heterocycles. The lowest BCUT2D eigenvalue weighted by molar-refractivity contribution is 1.87. The lowest BCUT2D eigenvalue weighted by Crippen LogP contribution is -1.58. The molecule has 0 atom stereocenters. The summed E-state index contributed by atoms with van der Waals surface area (Å²) in [6.45, 7) is 0. The lowest BCUT2D eigenvalue weighted by atomic mass is 10.2. The molecule has 3 heteroatoms. The highest BCUT2D eigenvalue weighted by atomic mass is 32.2. The fourth-order valence-electron chi connectivity index (χ4n) is 1.94. The van der Waals surface area contributed by atoms with Crippen LogP contribution in [0.25, 0.3) is 28.9 Å². The van der Waals surface area contributed by atoms with Gasteiger partial charge in [-0.15, -0.1) is 34.0 Å². The topological polar surface area (TPSA) is 0 Å². The minimum Gasteiger partial charge on any atom is -0.134 e. The summed E-state index contributed by atoms with van der Waals surface area (Å²) in [6.07, 6.45) is 0. The first-order chi connectivity index (χ1) is 7.43. The van der Waals surface area contributed by atoms with E-state index in [2.05, 4.69) is 35.7 Å². The predicted molar refractivity (Wildman–Crippen MR) is 72.6 cm³/mol. The lowest BCUT2D eigenvalue weighted by Gasteiger charge is -1.85. The van der Waals surface area contributed by atoms with Gasteiger partial charge in [0.05, 0.1) is 13.4 Å². The maximum Gasteiger partial charge on any atom is 0.0886 e. The van der Waals surface area contributed by atoms with E-state index in [0.29, 0.717) is 0 Å². The predicted octanol–water partition coefficient (Wildman–Crippen LogP) is 5.33. The van der Waals surface area contributed by atoms with Crippen LogP contribution in [-0.2, 0) is 0 Å². The Balaban J connectivity index is 2.39. The van der Waals surface area contributed by atoms with Crippen LogP contribution < -0.4 is 0 Å². The zero-order valence-electron chi connectivity index (χ0n) is 7.69. The summed E-state index contributed by atoms with van der Waals surface area (Å²) in [5.74, 6) is 0. The first kappa shape index (κ1) is 8.28. The Morgan fingerprint density at radius 2 is 1.67 bits per heavy atom. The van der Waals surface area contributed by atoms with Gasteiger partial charge in [0.25, 0.3) is 0 Å². The Morgan fingerprint density at radius 3 is 2.67 bits per heavy atom. The van der Waals surface area contributed by atoms with E-state index in [9.17, 15) is 0 Å². The molecule has 0 amide bonds. The third kappa shape index (κ3) is 1.00. The molecule has 3 aromatic heterocycles. The molecule has 0 radical (unpaired) electrons. The van der Waals surface area contributed by atoms with Crippen LogP contribution in [0, 0.1) is 0 Å². The van der Waals surface area contributed by atoms with Crippen LogP contribution in [0.15, 0.2) is 35.7 Å². The maximum atomic E-state index is 2.24. The third-order valence-corrected chi connectivity index (χ3v) is 6.23. The van der Waals surface area contributed by atoms with E-state index >= 15 is 0 Å². The molecule has 0 aliphatic rings. The van der Waals surface area contributed by atoms with Crippen LogP contribution >= 0.6 is 34.0 Å². The Morgan fingerprint density at radius 1 is 0.800 bits per heavy atom. The van der Waals surface area contributed by atoms with Crippen molar-refractivity contribution in [1.29, 1.82) is 0 Å². The average molecular weight is 246 g/mol. The van der Waals surface area contributed by atoms with Crippen molar-refractivity contribution in [2.24, 2.45) is 0 Å². The minimum absolute atomic E-state index is 1.41. The summed E-state index contributed by atoms with van der Waals surface area (Å²) in [5.41, 5.74) is 0. The van der Waals surface area contributed by atoms with Gasteiger partial charge >= 0.3 is 0 Å². The summed E-state index contributed by atoms with van der Waals surface area (Å²) in [5, 5.41) is 5.05. The third-order valence-electron chi connectivity index (χ3n) is 2.62. The molecule has 0 saturated heterocycles. The summed E-state index contributed by atoms with van der Waals surface area (Å²) < 4.78 is 5.81. The molecule has 0 unspecified atom stereocenters. The normalized spacial score (nSPS) is 12.0. The number of benzene rings is 1. The molecule has 3 heterocycles. The quantitative estimate of drug-likeness (QED) is 0.393. The molecule has 0 saturated carbocycles. The zero-order chi connectivity index (χ0) is 9.83. The number of fused-ring (bicyclic) bond motifs is 5. The van der Waals surface area contributed by atoms with E-state index in [1.54, 1.807) is 0 Å². The van der Waals surface area contributed by atoms with Gasteiger partial charge in [0.15, 0.2) is 0 Å². The smallest absolute Gasteiger partial charge is 0.0886 e. The van der Waals surface area contributed by atoms with Gasteiger partial charge in [0, 0.05) is 15.5 Å². The second kappa shape index (κ2) is 2.82. The number of thiophene rings is 3. The number of hydrogen-bond donors (Lipinski definition) is 0. The van der Waals surface area contributed by atoms with Crippen LogP contribution in [0.1, 0.15) is 0 Å². The van der Waals surface area contributed by atoms with E-state index in [1.165, 1.54) is 28.9 Å². The van der Waals surface area contributed by atoms with Crippen molar-refractivity contribution in [3.8, 4) is 0 Å². The standard InChI is InChI=1S/C12H6S3/c1-2-4-9-7(3-1)10-11(14-9)8-5-6-13-12(8)15-10/h1-6H. The molecule has 0 fully saturated rings. The summed E-state index contributed by atoms with van der Waals surface area (Å²) in [4.78, 5) is 0. The molecule has 0 nitrogen and oxygen atoms in total. The van der Waals surface area contributed by atoms with Crippen molar-refractivity contribution >= 4 is 62.9 Å². The van der Waals surface area contributed by atoms with E-state index in [0.717, 1.165) is 0 Å². The van der Waals surface area contributed by atoms with Crippen molar-refractivity contribution in [3.05, 3.63) is 35.7 Å². The largest absolute Gasteiger partial charge is 0.134 e. The fourth-order valence-corrected chi connectivity index (χ4v) is 5.70. The molecule has 0 bridgehead atoms. The van der Waals surface area contributed by atoms with Gasteiger partial charge in [0.1, 0.15) is 0 Å². The summed E-state index contributed by atoms with van der Waals surface area (Å²) >= 11 is 5.70. The molecule has 15 heavy (non-hydrogen) atoms. The molecule has 1 aromatic carbocycles. The number of rotatable bonds is 0. The SMILES string of the molecule is c1ccc2c(c1)sc1c3ccsc3sc21. The highest BCUT2D eigenvalue weighted by Crippen LogP contribution is 2.45. The van der Waals surface area contributed by atoms with Gasteiger partial charge in [-0.25, -0.2) is 0 Å². The summed E-state index contributed by atoms with van der Waals surface area (Å²) in [7, 11) is 0. The second-order valence-corrected chi connectivity index (χ2v) is 6.73. The molecule has 4 rings (SSSR count). The van der Waals surface area contributed by atoms with Crippen molar-refractivity contribution < 1.29 is 0 Å². The van der Waals surface area contributed by atoms with E-state index < -0.39 is 0 Å². The van der Waals surface area contributed by atoms with Crippen LogP contribution in [-0.4, -0.2) is 0 Å². The van der Waals surface area contributed by atoms with Crippen molar-refractivity contribution in [1.82, 2.24) is 0 Å². The first-order valence-corrected chi connectivity index (χ1v) is 7.22. The molecular formula is C12H6S3. The van der Waals surface area contributed by atoms with Crippen LogP contribution in [0.5, 0.6) is 0 Å². The minimum atomic E-state index is 1.41. The number of hydrogen-bond acceptors (Lipinski definition) is 3. The highest BCUT2D eigenvalue weighted by molar-refractivity contribution is 7.45. The molecule has 0 N–H and O–H groups in total. The van der Waals surface area contributed by atoms with Crippen LogP contribution in [0.2, 0.25) is 0 Å². The van der Waals surface area contributed by atoms with E-state index in [1.807, 2.05) is 34.0 Å². The van der Waals surface area contributed by atoms with E-state index in [-0.39, 0.29) is 0 Å². The fraction of sp³-hybridized carbons (Fsp3) is 0. The van der Waals surface area contributed by atoms with Crippen LogP contribution in [0.3, 0.4) is 0 Å². The summed E-state index contributed by atoms with van der Waals surface area (Å²) in [6, 6.07) is 10.9. The van der Waals surface area contributed by atoms with Gasteiger partial charge in [-0.3, -0.25) is 0 Å². The van der Waals surface area contributed by atoms with Gasteiger partial charge in [-0.1, -0.05) is 18.2 Å². The first-order valence-electron chi connectivity index (χ1n) is 4.71. The Labute approximate surface area is 98.4 Å². The van der Waals surface area contributed by atoms with Crippen molar-refractivity contribution in [3.63, 3.8) is 0 Å². The monoisotopic (exact) mass is 246 g/mol. The van der Waals surface area contributed by atoms with Gasteiger partial charge in [-0.2, -0.15) is 0 Å². The highest BCUT2D eigenvalue weighted by Gasteiger charge is 2.11. The maximum absolute atomic E-state index is 2.24. The van der Waals surface area contributed by atoms with Crippen LogP contribution in [0.4, 0.5) is 0 Å². The Bertz CT molecular complexity index is 769. The van der Waals surface area contributed by atoms with E-state index in [4.69, 9.17) is 0 Å².